The summed E-state index contributed by atoms with van der Waals surface area (Å²) in [6.07, 6.45) is 1.03. The number of hydrogen-bond acceptors (Lipinski definition) is 3. The van der Waals surface area contributed by atoms with Crippen LogP contribution in [0.25, 0.3) is 0 Å². The van der Waals surface area contributed by atoms with Crippen LogP contribution in [0.4, 0.5) is 8.78 Å². The molecule has 1 aliphatic carbocycles. The lowest BCUT2D eigenvalue weighted by molar-refractivity contribution is -0.154. The highest BCUT2D eigenvalue weighted by Crippen LogP contribution is 2.49. The van der Waals surface area contributed by atoms with E-state index in [4.69, 9.17) is 4.74 Å². The molecule has 1 amide bonds. The highest BCUT2D eigenvalue weighted by atomic mass is 19.1. The lowest BCUT2D eigenvalue weighted by atomic mass is 9.80. The lowest BCUT2D eigenvalue weighted by Crippen LogP contribution is -2.47. The van der Waals surface area contributed by atoms with Gasteiger partial charge in [-0.1, -0.05) is 6.07 Å². The molecule has 0 bridgehead atoms. The van der Waals surface area contributed by atoms with Gasteiger partial charge in [0.05, 0.1) is 5.41 Å². The molecule has 2 N–H and O–H groups in total. The molecular formula is C17H19F2NO4. The van der Waals surface area contributed by atoms with Crippen molar-refractivity contribution in [2.24, 2.45) is 11.3 Å². The number of benzene rings is 1. The van der Waals surface area contributed by atoms with Crippen LogP contribution in [-0.4, -0.2) is 36.7 Å². The van der Waals surface area contributed by atoms with Gasteiger partial charge in [0.25, 0.3) is 0 Å². The molecule has 1 saturated carbocycles. The van der Waals surface area contributed by atoms with E-state index in [1.807, 2.05) is 0 Å². The Kier molecular flexibility index (Phi) is 4.54. The van der Waals surface area contributed by atoms with Crippen LogP contribution in [0.1, 0.15) is 30.7 Å². The number of amides is 1. The molecule has 3 rings (SSSR count). The van der Waals surface area contributed by atoms with Crippen molar-refractivity contribution in [3.63, 3.8) is 0 Å². The largest absolute Gasteiger partial charge is 0.481 e. The average molecular weight is 339 g/mol. The quantitative estimate of drug-likeness (QED) is 0.861. The molecule has 0 aromatic heterocycles. The Morgan fingerprint density at radius 2 is 1.88 bits per heavy atom. The van der Waals surface area contributed by atoms with Gasteiger partial charge in [0.1, 0.15) is 11.6 Å². The van der Waals surface area contributed by atoms with Crippen molar-refractivity contribution >= 4 is 11.9 Å². The first-order valence-electron chi connectivity index (χ1n) is 7.97. The molecule has 2 unspecified atom stereocenters. The third-order valence-electron chi connectivity index (χ3n) is 5.00. The van der Waals surface area contributed by atoms with Crippen LogP contribution in [0.2, 0.25) is 0 Å². The number of halogens is 2. The highest BCUT2D eigenvalue weighted by molar-refractivity contribution is 5.84. The van der Waals surface area contributed by atoms with Crippen molar-refractivity contribution in [1.29, 1.82) is 0 Å². The second kappa shape index (κ2) is 6.47. The zero-order valence-electron chi connectivity index (χ0n) is 13.1. The summed E-state index contributed by atoms with van der Waals surface area (Å²) in [7, 11) is 0. The molecule has 2 atom stereocenters. The highest BCUT2D eigenvalue weighted by Gasteiger charge is 2.48. The second-order valence-corrected chi connectivity index (χ2v) is 6.50. The summed E-state index contributed by atoms with van der Waals surface area (Å²) in [6, 6.07) is 3.63. The van der Waals surface area contributed by atoms with E-state index >= 15 is 0 Å². The van der Waals surface area contributed by atoms with Crippen LogP contribution in [0.15, 0.2) is 18.2 Å². The molecule has 1 aromatic rings. The van der Waals surface area contributed by atoms with Crippen LogP contribution >= 0.6 is 0 Å². The zero-order valence-corrected chi connectivity index (χ0v) is 13.1. The van der Waals surface area contributed by atoms with Crippen molar-refractivity contribution in [2.45, 2.75) is 25.2 Å². The number of carboxylic acids is 1. The number of nitrogens with one attached hydrogen (secondary N) is 1. The number of carbonyl (C=O) groups is 2. The van der Waals surface area contributed by atoms with E-state index in [2.05, 4.69) is 5.32 Å². The second-order valence-electron chi connectivity index (χ2n) is 6.50. The maximum atomic E-state index is 13.8. The van der Waals surface area contributed by atoms with Gasteiger partial charge in [-0.3, -0.25) is 9.59 Å². The summed E-state index contributed by atoms with van der Waals surface area (Å²) in [5.74, 6) is -3.61. The Hall–Kier alpha value is -2.02. The number of carboxylic acid groups (broad SMARTS) is 1. The Morgan fingerprint density at radius 3 is 2.46 bits per heavy atom. The minimum absolute atomic E-state index is 0.00744. The molecule has 7 heteroatoms. The fourth-order valence-electron chi connectivity index (χ4n) is 3.28. The molecule has 2 fully saturated rings. The molecular weight excluding hydrogens is 320 g/mol. The maximum Gasteiger partial charge on any atom is 0.311 e. The number of carbonyl (C=O) groups excluding carboxylic acids is 1. The van der Waals surface area contributed by atoms with Crippen molar-refractivity contribution in [2.75, 3.05) is 19.8 Å². The fraction of sp³-hybridized carbons (Fsp3) is 0.529. The van der Waals surface area contributed by atoms with Gasteiger partial charge in [-0.2, -0.15) is 0 Å². The summed E-state index contributed by atoms with van der Waals surface area (Å²) >= 11 is 0. The smallest absolute Gasteiger partial charge is 0.311 e. The molecule has 1 aliphatic heterocycles. The first kappa shape index (κ1) is 16.8. The van der Waals surface area contributed by atoms with Gasteiger partial charge in [-0.05, 0) is 31.4 Å². The topological polar surface area (TPSA) is 75.6 Å². The first-order chi connectivity index (χ1) is 11.4. The number of rotatable bonds is 5. The van der Waals surface area contributed by atoms with Crippen molar-refractivity contribution in [1.82, 2.24) is 5.32 Å². The molecule has 5 nitrogen and oxygen atoms in total. The van der Waals surface area contributed by atoms with Gasteiger partial charge in [0.2, 0.25) is 5.91 Å². The van der Waals surface area contributed by atoms with Crippen LogP contribution in [0.5, 0.6) is 0 Å². The average Bonchev–Trinajstić information content (AvgIpc) is 3.33. The van der Waals surface area contributed by atoms with Crippen LogP contribution in [0, 0.1) is 23.0 Å². The van der Waals surface area contributed by atoms with Gasteiger partial charge in [0.15, 0.2) is 0 Å². The summed E-state index contributed by atoms with van der Waals surface area (Å²) < 4.78 is 32.7. The minimum Gasteiger partial charge on any atom is -0.481 e. The first-order valence-corrected chi connectivity index (χ1v) is 7.97. The van der Waals surface area contributed by atoms with Crippen LogP contribution in [0.3, 0.4) is 0 Å². The van der Waals surface area contributed by atoms with E-state index in [1.54, 1.807) is 0 Å². The maximum absolute atomic E-state index is 13.8. The third-order valence-corrected chi connectivity index (χ3v) is 5.00. The predicted molar refractivity (Wildman–Crippen MR) is 80.3 cm³/mol. The molecule has 1 heterocycles. The van der Waals surface area contributed by atoms with Gasteiger partial charge < -0.3 is 15.2 Å². The van der Waals surface area contributed by atoms with Crippen LogP contribution in [-0.2, 0) is 14.3 Å². The van der Waals surface area contributed by atoms with E-state index in [0.717, 1.165) is 0 Å². The number of aliphatic carboxylic acids is 1. The fourth-order valence-corrected chi connectivity index (χ4v) is 3.28. The summed E-state index contributed by atoms with van der Waals surface area (Å²) in [4.78, 5) is 23.8. The van der Waals surface area contributed by atoms with Gasteiger partial charge in [-0.25, -0.2) is 8.78 Å². The van der Waals surface area contributed by atoms with Crippen molar-refractivity contribution in [3.05, 3.63) is 35.4 Å². The molecule has 0 radical (unpaired) electrons. The van der Waals surface area contributed by atoms with E-state index < -0.39 is 34.9 Å². The van der Waals surface area contributed by atoms with E-state index in [-0.39, 0.29) is 18.0 Å². The summed E-state index contributed by atoms with van der Waals surface area (Å²) in [5.41, 5.74) is -1.08. The predicted octanol–water partition coefficient (Wildman–Crippen LogP) is 2.07. The normalized spacial score (nSPS) is 25.1. The molecule has 2 aliphatic rings. The van der Waals surface area contributed by atoms with Crippen LogP contribution < -0.4 is 5.32 Å². The number of ether oxygens (including phenoxy) is 1. The Morgan fingerprint density at radius 1 is 1.25 bits per heavy atom. The molecule has 24 heavy (non-hydrogen) atoms. The standard InChI is InChI=1S/C17H19F2NO4/c18-12-2-1-3-13(19)14(12)10-8-11(10)15(21)20-9-17(16(22)23)4-6-24-7-5-17/h1-3,10-11H,4-9H2,(H,20,21)(H,22,23). The third kappa shape index (κ3) is 3.13. The summed E-state index contributed by atoms with van der Waals surface area (Å²) in [5, 5.41) is 12.1. The van der Waals surface area contributed by atoms with E-state index in [9.17, 15) is 23.5 Å². The van der Waals surface area contributed by atoms with Gasteiger partial charge >= 0.3 is 5.97 Å². The molecule has 1 saturated heterocycles. The number of hydrogen-bond donors (Lipinski definition) is 2. The molecule has 130 valence electrons. The molecule has 1 aromatic carbocycles. The monoisotopic (exact) mass is 339 g/mol. The Labute approximate surface area is 138 Å². The molecule has 0 spiro atoms. The SMILES string of the molecule is O=C(NCC1(C(=O)O)CCOCC1)C1CC1c1c(F)cccc1F. The minimum atomic E-state index is -1.03. The van der Waals surface area contributed by atoms with E-state index in [0.29, 0.717) is 32.5 Å². The Bertz CT molecular complexity index is 638. The lowest BCUT2D eigenvalue weighted by Gasteiger charge is -2.33. The van der Waals surface area contributed by atoms with Crippen molar-refractivity contribution < 1.29 is 28.2 Å². The zero-order chi connectivity index (χ0) is 17.3. The van der Waals surface area contributed by atoms with Gasteiger partial charge in [0, 0.05) is 37.2 Å². The van der Waals surface area contributed by atoms with Gasteiger partial charge in [-0.15, -0.1) is 0 Å². The van der Waals surface area contributed by atoms with Crippen molar-refractivity contribution in [3.8, 4) is 0 Å². The Balaban J connectivity index is 1.62. The summed E-state index contributed by atoms with van der Waals surface area (Å²) in [6.45, 7) is 0.691. The van der Waals surface area contributed by atoms with E-state index in [1.165, 1.54) is 18.2 Å².